The second-order valence-corrected chi connectivity index (χ2v) is 5.90. The first-order chi connectivity index (χ1) is 11.3. The third-order valence-corrected chi connectivity index (χ3v) is 4.25. The average Bonchev–Trinajstić information content (AvgIpc) is 3.23. The Morgan fingerprint density at radius 1 is 1.09 bits per heavy atom. The average molecular weight is 324 g/mol. The maximum atomic E-state index is 12.9. The molecule has 0 aliphatic carbocycles. The van der Waals surface area contributed by atoms with Gasteiger partial charge in [0.2, 0.25) is 0 Å². The van der Waals surface area contributed by atoms with Crippen LogP contribution in [-0.4, -0.2) is 14.6 Å². The van der Waals surface area contributed by atoms with Gasteiger partial charge in [-0.2, -0.15) is 11.3 Å². The van der Waals surface area contributed by atoms with Crippen molar-refractivity contribution < 1.29 is 4.39 Å². The van der Waals surface area contributed by atoms with Gasteiger partial charge in [-0.1, -0.05) is 12.1 Å². The zero-order valence-electron chi connectivity index (χ0n) is 12.1. The molecule has 4 aromatic rings. The number of rotatable bonds is 4. The zero-order chi connectivity index (χ0) is 15.6. The number of nitrogens with zero attached hydrogens (tertiary/aromatic N) is 3. The summed E-state index contributed by atoms with van der Waals surface area (Å²) < 4.78 is 14.8. The lowest BCUT2D eigenvalue weighted by atomic mass is 10.2. The fourth-order valence-corrected chi connectivity index (χ4v) is 3.02. The Morgan fingerprint density at radius 3 is 2.74 bits per heavy atom. The number of nitrogens with one attached hydrogen (secondary N) is 1. The van der Waals surface area contributed by atoms with Gasteiger partial charge in [-0.25, -0.2) is 13.9 Å². The summed E-state index contributed by atoms with van der Waals surface area (Å²) in [6.45, 7) is 0.585. The molecule has 0 aliphatic rings. The van der Waals surface area contributed by atoms with E-state index >= 15 is 0 Å². The van der Waals surface area contributed by atoms with Gasteiger partial charge in [0.25, 0.3) is 0 Å². The van der Waals surface area contributed by atoms with E-state index in [9.17, 15) is 4.39 Å². The molecule has 0 radical (unpaired) electrons. The Labute approximate surface area is 136 Å². The van der Waals surface area contributed by atoms with Crippen molar-refractivity contribution in [2.24, 2.45) is 0 Å². The number of hydrogen-bond donors (Lipinski definition) is 1. The Hall–Kier alpha value is -2.73. The largest absolute Gasteiger partial charge is 0.365 e. The summed E-state index contributed by atoms with van der Waals surface area (Å²) in [5.41, 5.74) is 3.87. The molecule has 114 valence electrons. The minimum atomic E-state index is -0.230. The van der Waals surface area contributed by atoms with E-state index < -0.39 is 0 Å². The summed E-state index contributed by atoms with van der Waals surface area (Å²) in [5.74, 6) is 0.517. The van der Waals surface area contributed by atoms with Crippen LogP contribution in [0.15, 0.2) is 59.4 Å². The lowest BCUT2D eigenvalue weighted by molar-refractivity contribution is 0.627. The molecule has 0 bridgehead atoms. The fraction of sp³-hybridized carbons (Fsp3) is 0.0588. The SMILES string of the molecule is Fc1ccc(CNc2ccc3ncc(-c4ccsc4)n3n2)cc1. The molecule has 0 unspecified atom stereocenters. The summed E-state index contributed by atoms with van der Waals surface area (Å²) in [4.78, 5) is 4.38. The van der Waals surface area contributed by atoms with Gasteiger partial charge in [-0.05, 0) is 41.3 Å². The maximum absolute atomic E-state index is 12.9. The highest BCUT2D eigenvalue weighted by Crippen LogP contribution is 2.23. The number of hydrogen-bond acceptors (Lipinski definition) is 4. The molecule has 4 rings (SSSR count). The van der Waals surface area contributed by atoms with Gasteiger partial charge >= 0.3 is 0 Å². The van der Waals surface area contributed by atoms with Gasteiger partial charge in [0.15, 0.2) is 5.65 Å². The normalized spacial score (nSPS) is 11.0. The molecule has 0 atom stereocenters. The molecule has 0 saturated heterocycles. The molecule has 1 N–H and O–H groups in total. The molecule has 3 heterocycles. The van der Waals surface area contributed by atoms with Crippen molar-refractivity contribution in [3.63, 3.8) is 0 Å². The van der Waals surface area contributed by atoms with E-state index in [4.69, 9.17) is 0 Å². The summed E-state index contributed by atoms with van der Waals surface area (Å²) >= 11 is 1.64. The number of anilines is 1. The predicted molar refractivity (Wildman–Crippen MR) is 90.0 cm³/mol. The number of halogens is 1. The first kappa shape index (κ1) is 13.9. The van der Waals surface area contributed by atoms with Crippen LogP contribution in [0.5, 0.6) is 0 Å². The van der Waals surface area contributed by atoms with Crippen molar-refractivity contribution in [1.82, 2.24) is 14.6 Å². The lowest BCUT2D eigenvalue weighted by Crippen LogP contribution is -2.04. The maximum Gasteiger partial charge on any atom is 0.154 e. The molecule has 0 spiro atoms. The van der Waals surface area contributed by atoms with Crippen LogP contribution in [0, 0.1) is 5.82 Å². The minimum Gasteiger partial charge on any atom is -0.365 e. The van der Waals surface area contributed by atoms with Crippen LogP contribution in [0.25, 0.3) is 16.9 Å². The van der Waals surface area contributed by atoms with Gasteiger partial charge in [-0.15, -0.1) is 5.10 Å². The summed E-state index contributed by atoms with van der Waals surface area (Å²) in [7, 11) is 0. The van der Waals surface area contributed by atoms with Crippen molar-refractivity contribution in [2.45, 2.75) is 6.54 Å². The number of benzene rings is 1. The number of thiophene rings is 1. The van der Waals surface area contributed by atoms with Crippen molar-refractivity contribution in [2.75, 3.05) is 5.32 Å². The van der Waals surface area contributed by atoms with E-state index in [1.165, 1.54) is 12.1 Å². The van der Waals surface area contributed by atoms with Crippen molar-refractivity contribution in [3.8, 4) is 11.3 Å². The quantitative estimate of drug-likeness (QED) is 0.611. The molecular weight excluding hydrogens is 311 g/mol. The van der Waals surface area contributed by atoms with Crippen molar-refractivity contribution >= 4 is 22.8 Å². The van der Waals surface area contributed by atoms with Crippen LogP contribution in [0.2, 0.25) is 0 Å². The summed E-state index contributed by atoms with van der Waals surface area (Å²) in [5, 5.41) is 12.0. The highest BCUT2D eigenvalue weighted by atomic mass is 32.1. The third-order valence-electron chi connectivity index (χ3n) is 3.57. The van der Waals surface area contributed by atoms with Crippen LogP contribution in [0.3, 0.4) is 0 Å². The Balaban J connectivity index is 1.60. The first-order valence-electron chi connectivity index (χ1n) is 7.15. The van der Waals surface area contributed by atoms with Crippen LogP contribution < -0.4 is 5.32 Å². The van der Waals surface area contributed by atoms with E-state index in [1.807, 2.05) is 28.2 Å². The van der Waals surface area contributed by atoms with Gasteiger partial charge < -0.3 is 5.32 Å². The molecule has 1 aromatic carbocycles. The Kier molecular flexibility index (Phi) is 3.51. The van der Waals surface area contributed by atoms with Crippen LogP contribution in [0.1, 0.15) is 5.56 Å². The molecule has 4 nitrogen and oxygen atoms in total. The highest BCUT2D eigenvalue weighted by molar-refractivity contribution is 7.08. The fourth-order valence-electron chi connectivity index (χ4n) is 2.37. The van der Waals surface area contributed by atoms with E-state index in [2.05, 4.69) is 26.8 Å². The van der Waals surface area contributed by atoms with E-state index in [-0.39, 0.29) is 5.82 Å². The Morgan fingerprint density at radius 2 is 1.96 bits per heavy atom. The van der Waals surface area contributed by atoms with Gasteiger partial charge in [-0.3, -0.25) is 0 Å². The summed E-state index contributed by atoms with van der Waals surface area (Å²) in [6.07, 6.45) is 1.83. The monoisotopic (exact) mass is 324 g/mol. The van der Waals surface area contributed by atoms with Crippen LogP contribution in [0.4, 0.5) is 10.2 Å². The molecule has 23 heavy (non-hydrogen) atoms. The zero-order valence-corrected chi connectivity index (χ0v) is 12.9. The van der Waals surface area contributed by atoms with E-state index in [0.29, 0.717) is 6.54 Å². The Bertz CT molecular complexity index is 929. The van der Waals surface area contributed by atoms with Crippen molar-refractivity contribution in [3.05, 3.63) is 70.8 Å². The van der Waals surface area contributed by atoms with E-state index in [1.54, 1.807) is 23.5 Å². The molecule has 0 saturated carbocycles. The third kappa shape index (κ3) is 2.80. The number of fused-ring (bicyclic) bond motifs is 1. The molecular formula is C17H13FN4S. The molecule has 0 fully saturated rings. The topological polar surface area (TPSA) is 42.2 Å². The lowest BCUT2D eigenvalue weighted by Gasteiger charge is -2.07. The second kappa shape index (κ2) is 5.81. The molecule has 3 aromatic heterocycles. The molecule has 6 heteroatoms. The summed E-state index contributed by atoms with van der Waals surface area (Å²) in [6, 6.07) is 12.3. The highest BCUT2D eigenvalue weighted by Gasteiger charge is 2.08. The predicted octanol–water partition coefficient (Wildman–Crippen LogP) is 4.21. The first-order valence-corrected chi connectivity index (χ1v) is 8.09. The molecule has 0 amide bonds. The van der Waals surface area contributed by atoms with Crippen LogP contribution in [-0.2, 0) is 6.54 Å². The van der Waals surface area contributed by atoms with E-state index in [0.717, 1.165) is 28.3 Å². The van der Waals surface area contributed by atoms with Gasteiger partial charge in [0.1, 0.15) is 11.6 Å². The number of aromatic nitrogens is 3. The molecule has 0 aliphatic heterocycles. The van der Waals surface area contributed by atoms with Gasteiger partial charge in [0, 0.05) is 17.5 Å². The van der Waals surface area contributed by atoms with Crippen LogP contribution >= 0.6 is 11.3 Å². The van der Waals surface area contributed by atoms with Gasteiger partial charge in [0.05, 0.1) is 11.9 Å². The number of imidazole rings is 1. The minimum absolute atomic E-state index is 0.230. The standard InChI is InChI=1S/C17H13FN4S/c18-14-3-1-12(2-4-14)9-19-16-5-6-17-20-10-15(22(17)21-16)13-7-8-23-11-13/h1-8,10-11H,9H2,(H,19,21). The smallest absolute Gasteiger partial charge is 0.154 e. The van der Waals surface area contributed by atoms with Crippen molar-refractivity contribution in [1.29, 1.82) is 0 Å². The second-order valence-electron chi connectivity index (χ2n) is 5.12.